The number of hydrogen-bond donors (Lipinski definition) is 3. The number of rotatable bonds is 3. The zero-order chi connectivity index (χ0) is 16.4. The van der Waals surface area contributed by atoms with E-state index in [4.69, 9.17) is 5.41 Å². The smallest absolute Gasteiger partial charge is 0.337 e. The lowest BCUT2D eigenvalue weighted by Crippen LogP contribution is -2.04. The maximum absolute atomic E-state index is 11.5. The molecule has 6 nitrogen and oxygen atoms in total. The highest BCUT2D eigenvalue weighted by molar-refractivity contribution is 5.94. The summed E-state index contributed by atoms with van der Waals surface area (Å²) in [6.07, 6.45) is 0. The maximum Gasteiger partial charge on any atom is 0.337 e. The predicted molar refractivity (Wildman–Crippen MR) is 89.9 cm³/mol. The molecule has 0 saturated carbocycles. The van der Waals surface area contributed by atoms with Gasteiger partial charge in [-0.05, 0) is 37.3 Å². The third-order valence-corrected chi connectivity index (χ3v) is 3.39. The van der Waals surface area contributed by atoms with Crippen molar-refractivity contribution in [3.63, 3.8) is 0 Å². The first kappa shape index (κ1) is 14.8. The number of methoxy groups -OCH3 is 1. The van der Waals surface area contributed by atoms with E-state index in [1.54, 1.807) is 19.1 Å². The molecule has 3 N–H and O–H groups in total. The van der Waals surface area contributed by atoms with Gasteiger partial charge >= 0.3 is 5.97 Å². The van der Waals surface area contributed by atoms with Crippen LogP contribution in [-0.4, -0.2) is 28.9 Å². The van der Waals surface area contributed by atoms with Crippen LogP contribution >= 0.6 is 0 Å². The van der Waals surface area contributed by atoms with Gasteiger partial charge in [0.2, 0.25) is 0 Å². The summed E-state index contributed by atoms with van der Waals surface area (Å²) in [5.74, 6) is 0.734. The van der Waals surface area contributed by atoms with Crippen LogP contribution in [0.5, 0.6) is 0 Å². The van der Waals surface area contributed by atoms with E-state index >= 15 is 0 Å². The van der Waals surface area contributed by atoms with Crippen LogP contribution in [0, 0.1) is 5.41 Å². The van der Waals surface area contributed by atoms with Crippen molar-refractivity contribution >= 4 is 28.5 Å². The summed E-state index contributed by atoms with van der Waals surface area (Å²) in [5, 5.41) is 10.4. The molecule has 116 valence electrons. The second kappa shape index (κ2) is 5.92. The van der Waals surface area contributed by atoms with E-state index < -0.39 is 0 Å². The Morgan fingerprint density at radius 1 is 1.22 bits per heavy atom. The predicted octanol–water partition coefficient (Wildman–Crippen LogP) is 3.43. The van der Waals surface area contributed by atoms with Crippen molar-refractivity contribution in [2.24, 2.45) is 0 Å². The van der Waals surface area contributed by atoms with E-state index in [2.05, 4.69) is 20.0 Å². The molecule has 0 spiro atoms. The van der Waals surface area contributed by atoms with Crippen molar-refractivity contribution < 1.29 is 9.53 Å². The average molecular weight is 308 g/mol. The second-order valence-electron chi connectivity index (χ2n) is 5.14. The highest BCUT2D eigenvalue weighted by atomic mass is 16.5. The molecule has 1 heterocycles. The Balaban J connectivity index is 1.93. The molecule has 6 heteroatoms. The Hall–Kier alpha value is -3.15. The molecule has 0 fully saturated rings. The highest BCUT2D eigenvalue weighted by Crippen LogP contribution is 2.23. The number of imidazole rings is 1. The molecular weight excluding hydrogens is 292 g/mol. The number of aromatic nitrogens is 2. The van der Waals surface area contributed by atoms with E-state index in [-0.39, 0.29) is 5.97 Å². The van der Waals surface area contributed by atoms with Gasteiger partial charge < -0.3 is 15.0 Å². The monoisotopic (exact) mass is 308 g/mol. The van der Waals surface area contributed by atoms with Gasteiger partial charge in [-0.1, -0.05) is 12.1 Å². The highest BCUT2D eigenvalue weighted by Gasteiger charge is 2.09. The van der Waals surface area contributed by atoms with Crippen LogP contribution in [0.4, 0.5) is 5.69 Å². The number of anilines is 1. The Kier molecular flexibility index (Phi) is 3.80. The average Bonchev–Trinajstić information content (AvgIpc) is 2.97. The van der Waals surface area contributed by atoms with E-state index in [9.17, 15) is 4.79 Å². The first-order valence-electron chi connectivity index (χ1n) is 7.07. The van der Waals surface area contributed by atoms with Gasteiger partial charge in [0, 0.05) is 11.3 Å². The van der Waals surface area contributed by atoms with Crippen molar-refractivity contribution in [3.05, 3.63) is 48.0 Å². The lowest BCUT2D eigenvalue weighted by Gasteiger charge is -2.02. The molecule has 1 aromatic heterocycles. The summed E-state index contributed by atoms with van der Waals surface area (Å²) in [7, 11) is 1.36. The number of amidine groups is 1. The fraction of sp³-hybridized carbons (Fsp3) is 0.118. The van der Waals surface area contributed by atoms with Crippen LogP contribution < -0.4 is 5.32 Å². The maximum atomic E-state index is 11.5. The molecule has 0 aliphatic carbocycles. The van der Waals surface area contributed by atoms with Crippen molar-refractivity contribution in [3.8, 4) is 11.4 Å². The van der Waals surface area contributed by atoms with Gasteiger partial charge in [-0.3, -0.25) is 5.41 Å². The first-order chi connectivity index (χ1) is 11.1. The van der Waals surface area contributed by atoms with Gasteiger partial charge in [0.25, 0.3) is 0 Å². The molecule has 0 amide bonds. The molecule has 0 atom stereocenters. The minimum atomic E-state index is -0.362. The number of nitrogens with zero attached hydrogens (tertiary/aromatic N) is 1. The van der Waals surface area contributed by atoms with Crippen LogP contribution in [0.15, 0.2) is 42.5 Å². The van der Waals surface area contributed by atoms with Gasteiger partial charge in [0.05, 0.1) is 29.5 Å². The zero-order valence-corrected chi connectivity index (χ0v) is 12.8. The molecule has 23 heavy (non-hydrogen) atoms. The summed E-state index contributed by atoms with van der Waals surface area (Å²) in [6.45, 7) is 1.68. The van der Waals surface area contributed by atoms with Crippen LogP contribution in [0.2, 0.25) is 0 Å². The van der Waals surface area contributed by atoms with Crippen LogP contribution in [0.1, 0.15) is 17.3 Å². The Morgan fingerprint density at radius 3 is 2.61 bits per heavy atom. The van der Waals surface area contributed by atoms with E-state index in [0.29, 0.717) is 11.4 Å². The van der Waals surface area contributed by atoms with Gasteiger partial charge in [-0.2, -0.15) is 0 Å². The molecule has 2 aromatic carbocycles. The number of esters is 1. The SMILES string of the molecule is COC(=O)c1ccc(-c2nc3cc(NC(C)=N)ccc3[nH]2)cc1. The number of ether oxygens (including phenoxy) is 1. The van der Waals surface area contributed by atoms with E-state index in [0.717, 1.165) is 28.1 Å². The third-order valence-electron chi connectivity index (χ3n) is 3.39. The number of carbonyl (C=O) groups is 1. The fourth-order valence-electron chi connectivity index (χ4n) is 2.32. The number of nitrogens with one attached hydrogen (secondary N) is 3. The summed E-state index contributed by atoms with van der Waals surface area (Å²) in [6, 6.07) is 12.8. The number of fused-ring (bicyclic) bond motifs is 1. The quantitative estimate of drug-likeness (QED) is 0.393. The standard InChI is InChI=1S/C17H16N4O2/c1-10(18)19-13-7-8-14-15(9-13)21-16(20-14)11-3-5-12(6-4-11)17(22)23-2/h3-9H,1-2H3,(H2,18,19)(H,20,21). The molecule has 0 aliphatic heterocycles. The Bertz CT molecular complexity index is 881. The lowest BCUT2D eigenvalue weighted by molar-refractivity contribution is 0.0601. The molecule has 0 unspecified atom stereocenters. The molecule has 3 rings (SSSR count). The van der Waals surface area contributed by atoms with Crippen LogP contribution in [0.3, 0.4) is 0 Å². The summed E-state index contributed by atoms with van der Waals surface area (Å²) >= 11 is 0. The van der Waals surface area contributed by atoms with Gasteiger partial charge in [0.1, 0.15) is 5.82 Å². The van der Waals surface area contributed by atoms with Crippen molar-refractivity contribution in [2.45, 2.75) is 6.92 Å². The number of benzene rings is 2. The van der Waals surface area contributed by atoms with Crippen LogP contribution in [0.25, 0.3) is 22.4 Å². The van der Waals surface area contributed by atoms with Crippen LogP contribution in [-0.2, 0) is 4.74 Å². The topological polar surface area (TPSA) is 90.9 Å². The Labute approximate surface area is 133 Å². The minimum absolute atomic E-state index is 0.362. The number of hydrogen-bond acceptors (Lipinski definition) is 4. The summed E-state index contributed by atoms with van der Waals surface area (Å²) in [5.41, 5.74) is 3.92. The van der Waals surface area contributed by atoms with Gasteiger partial charge in [-0.25, -0.2) is 9.78 Å². The second-order valence-corrected chi connectivity index (χ2v) is 5.14. The van der Waals surface area contributed by atoms with Gasteiger partial charge in [-0.15, -0.1) is 0 Å². The summed E-state index contributed by atoms with van der Waals surface area (Å²) < 4.78 is 4.69. The molecule has 3 aromatic rings. The number of aromatic amines is 1. The normalized spacial score (nSPS) is 10.5. The Morgan fingerprint density at radius 2 is 1.96 bits per heavy atom. The molecule has 0 radical (unpaired) electrons. The lowest BCUT2D eigenvalue weighted by atomic mass is 10.1. The largest absolute Gasteiger partial charge is 0.465 e. The molecular formula is C17H16N4O2. The van der Waals surface area contributed by atoms with E-state index in [1.165, 1.54) is 7.11 Å². The van der Waals surface area contributed by atoms with Crippen molar-refractivity contribution in [1.29, 1.82) is 5.41 Å². The zero-order valence-electron chi connectivity index (χ0n) is 12.8. The molecule has 0 aliphatic rings. The fourth-order valence-corrected chi connectivity index (χ4v) is 2.32. The number of H-pyrrole nitrogens is 1. The summed E-state index contributed by atoms with van der Waals surface area (Å²) in [4.78, 5) is 19.3. The van der Waals surface area contributed by atoms with Crippen molar-refractivity contribution in [1.82, 2.24) is 9.97 Å². The number of carbonyl (C=O) groups excluding carboxylic acids is 1. The first-order valence-corrected chi connectivity index (χ1v) is 7.07. The third kappa shape index (κ3) is 3.06. The molecule has 0 bridgehead atoms. The van der Waals surface area contributed by atoms with Crippen molar-refractivity contribution in [2.75, 3.05) is 12.4 Å². The molecule has 0 saturated heterocycles. The van der Waals surface area contributed by atoms with Gasteiger partial charge in [0.15, 0.2) is 0 Å². The minimum Gasteiger partial charge on any atom is -0.465 e. The van der Waals surface area contributed by atoms with E-state index in [1.807, 2.05) is 30.3 Å².